The Balaban J connectivity index is 1.73. The van der Waals surface area contributed by atoms with Gasteiger partial charge in [-0.1, -0.05) is 46.0 Å². The van der Waals surface area contributed by atoms with Crippen molar-refractivity contribution < 1.29 is 24.0 Å². The number of carbonyl (C=O) groups excluding carboxylic acids is 2. The summed E-state index contributed by atoms with van der Waals surface area (Å²) in [5, 5.41) is 13.4. The van der Waals surface area contributed by atoms with Gasteiger partial charge >= 0.3 is 0 Å². The average Bonchev–Trinajstić information content (AvgIpc) is 3.41. The lowest BCUT2D eigenvalue weighted by Gasteiger charge is -2.27. The molecule has 8 heteroatoms. The number of hydrogen-bond donors (Lipinski definition) is 1. The number of aromatic amines is 1. The van der Waals surface area contributed by atoms with Crippen molar-refractivity contribution >= 4 is 33.4 Å². The molecule has 1 amide bonds. The first kappa shape index (κ1) is 21.8. The van der Waals surface area contributed by atoms with Crippen LogP contribution in [0.2, 0.25) is 0 Å². The molecular formula is C24H22BrN3O4. The number of nitrogens with zero attached hydrogens (tertiary/aromatic N) is 2. The third kappa shape index (κ3) is 4.31. The molecular weight excluding hydrogens is 474 g/mol. The number of ketones is 1. The maximum Gasteiger partial charge on any atom is 0.295 e. The van der Waals surface area contributed by atoms with Crippen LogP contribution < -0.4 is 14.4 Å². The molecule has 1 saturated heterocycles. The number of carbonyl (C=O) groups is 2. The van der Waals surface area contributed by atoms with Gasteiger partial charge in [0.15, 0.2) is 0 Å². The van der Waals surface area contributed by atoms with E-state index in [2.05, 4.69) is 20.9 Å². The third-order valence-electron chi connectivity index (χ3n) is 5.47. The summed E-state index contributed by atoms with van der Waals surface area (Å²) in [6.07, 6.45) is 6.17. The highest BCUT2D eigenvalue weighted by Gasteiger charge is 2.43. The predicted molar refractivity (Wildman–Crippen MR) is 119 cm³/mol. The molecule has 4 rings (SSSR count). The van der Waals surface area contributed by atoms with Gasteiger partial charge in [0.1, 0.15) is 18.1 Å². The van der Waals surface area contributed by atoms with Gasteiger partial charge in [-0.3, -0.25) is 14.6 Å². The van der Waals surface area contributed by atoms with Crippen LogP contribution >= 0.6 is 15.9 Å². The molecule has 7 nitrogen and oxygen atoms in total. The smallest absolute Gasteiger partial charge is 0.295 e. The SMILES string of the molecule is COc1cccc(C([O-])=C2C(=O)C(=O)N(CCC[n+]3cc[nH]c3)C2c2ccc(Br)cc2)c1. The van der Waals surface area contributed by atoms with Crippen LogP contribution in [0.5, 0.6) is 5.75 Å². The van der Waals surface area contributed by atoms with E-state index >= 15 is 0 Å². The number of H-pyrrole nitrogens is 1. The van der Waals surface area contributed by atoms with E-state index in [4.69, 9.17) is 4.74 Å². The molecule has 1 aromatic heterocycles. The second-order valence-corrected chi connectivity index (χ2v) is 8.38. The maximum absolute atomic E-state index is 13.4. The van der Waals surface area contributed by atoms with E-state index in [9.17, 15) is 14.7 Å². The van der Waals surface area contributed by atoms with Crippen LogP contribution in [0.25, 0.3) is 5.76 Å². The molecule has 1 aliphatic rings. The highest BCUT2D eigenvalue weighted by molar-refractivity contribution is 9.10. The Morgan fingerprint density at radius 1 is 1.22 bits per heavy atom. The fourth-order valence-corrected chi connectivity index (χ4v) is 4.16. The van der Waals surface area contributed by atoms with Crippen LogP contribution in [-0.2, 0) is 16.1 Å². The predicted octanol–water partition coefficient (Wildman–Crippen LogP) is 2.39. The molecule has 1 fully saturated rings. The number of ether oxygens (including phenoxy) is 1. The van der Waals surface area contributed by atoms with Crippen LogP contribution in [-0.4, -0.2) is 35.2 Å². The van der Waals surface area contributed by atoms with Gasteiger partial charge < -0.3 is 14.7 Å². The molecule has 1 N–H and O–H groups in total. The molecule has 2 heterocycles. The number of rotatable bonds is 7. The second-order valence-electron chi connectivity index (χ2n) is 7.46. The van der Waals surface area contributed by atoms with Gasteiger partial charge in [0.05, 0.1) is 19.7 Å². The monoisotopic (exact) mass is 495 g/mol. The molecule has 0 spiro atoms. The van der Waals surface area contributed by atoms with Crippen LogP contribution in [0.1, 0.15) is 23.6 Å². The van der Waals surface area contributed by atoms with E-state index in [-0.39, 0.29) is 5.57 Å². The van der Waals surface area contributed by atoms with Crippen molar-refractivity contribution in [3.8, 4) is 5.75 Å². The first-order valence-electron chi connectivity index (χ1n) is 10.2. The van der Waals surface area contributed by atoms with Crippen molar-refractivity contribution in [2.45, 2.75) is 19.0 Å². The second kappa shape index (κ2) is 9.40. The first-order chi connectivity index (χ1) is 15.5. The van der Waals surface area contributed by atoms with E-state index in [0.29, 0.717) is 36.4 Å². The summed E-state index contributed by atoms with van der Waals surface area (Å²) in [4.78, 5) is 30.5. The van der Waals surface area contributed by atoms with Gasteiger partial charge in [-0.2, -0.15) is 0 Å². The topological polar surface area (TPSA) is 89.3 Å². The van der Waals surface area contributed by atoms with Crippen molar-refractivity contribution in [3.05, 3.63) is 88.4 Å². The van der Waals surface area contributed by atoms with E-state index in [1.807, 2.05) is 47.6 Å². The van der Waals surface area contributed by atoms with Crippen LogP contribution in [0, 0.1) is 0 Å². The zero-order chi connectivity index (χ0) is 22.7. The van der Waals surface area contributed by atoms with Gasteiger partial charge in [0.25, 0.3) is 5.91 Å². The molecule has 1 aliphatic heterocycles. The summed E-state index contributed by atoms with van der Waals surface area (Å²) in [5.74, 6) is -1.35. The summed E-state index contributed by atoms with van der Waals surface area (Å²) >= 11 is 3.41. The number of hydrogen-bond acceptors (Lipinski definition) is 4. The quantitative estimate of drug-likeness (QED) is 0.236. The Hall–Kier alpha value is -3.39. The minimum Gasteiger partial charge on any atom is -0.872 e. The highest BCUT2D eigenvalue weighted by atomic mass is 79.9. The maximum atomic E-state index is 13.4. The standard InChI is InChI=1S/C24H22BrN3O4/c1-32-19-5-2-4-17(14-19)22(29)20-21(16-6-8-18(25)9-7-16)28(24(31)23(20)30)12-3-11-27-13-10-26-15-27/h2,4-10,13-15,21H,3,11-12H2,1H3,(H,29,30). The van der Waals surface area contributed by atoms with Crippen LogP contribution in [0.15, 0.2) is 77.3 Å². The molecule has 32 heavy (non-hydrogen) atoms. The number of nitrogens with one attached hydrogen (secondary N) is 1. The minimum absolute atomic E-state index is 0.0279. The Labute approximate surface area is 194 Å². The fraction of sp³-hybridized carbons (Fsp3) is 0.208. The van der Waals surface area contributed by atoms with E-state index in [1.54, 1.807) is 24.3 Å². The van der Waals surface area contributed by atoms with Gasteiger partial charge in [0, 0.05) is 23.0 Å². The Morgan fingerprint density at radius 2 is 2.00 bits per heavy atom. The summed E-state index contributed by atoms with van der Waals surface area (Å²) in [6, 6.07) is 13.2. The molecule has 0 saturated carbocycles. The Bertz CT molecular complexity index is 1160. The number of Topliss-reactive ketones (excluding diaryl/α,β-unsaturated/α-hetero) is 1. The zero-order valence-corrected chi connectivity index (χ0v) is 19.0. The molecule has 0 radical (unpaired) electrons. The van der Waals surface area contributed by atoms with Crippen LogP contribution in [0.3, 0.4) is 0 Å². The number of benzene rings is 2. The normalized spacial score (nSPS) is 17.7. The van der Waals surface area contributed by atoms with E-state index in [0.717, 1.165) is 4.47 Å². The summed E-state index contributed by atoms with van der Waals surface area (Å²) in [6.45, 7) is 1.02. The molecule has 0 aliphatic carbocycles. The number of aromatic nitrogens is 2. The number of likely N-dealkylation sites (tertiary alicyclic amines) is 1. The van der Waals surface area contributed by atoms with E-state index < -0.39 is 23.5 Å². The molecule has 1 atom stereocenters. The van der Waals surface area contributed by atoms with Crippen LogP contribution in [0.4, 0.5) is 0 Å². The summed E-state index contributed by atoms with van der Waals surface area (Å²) in [5.41, 5.74) is 1.00. The van der Waals surface area contributed by atoms with Crippen molar-refractivity contribution in [1.29, 1.82) is 0 Å². The molecule has 3 aromatic rings. The number of amides is 1. The number of halogens is 1. The third-order valence-corrected chi connectivity index (χ3v) is 5.99. The molecule has 0 bridgehead atoms. The molecule has 1 unspecified atom stereocenters. The van der Waals surface area contributed by atoms with Gasteiger partial charge in [-0.25, -0.2) is 4.57 Å². The summed E-state index contributed by atoms with van der Waals surface area (Å²) in [7, 11) is 1.51. The lowest BCUT2D eigenvalue weighted by Crippen LogP contribution is -2.36. The zero-order valence-electron chi connectivity index (χ0n) is 17.5. The Kier molecular flexibility index (Phi) is 6.41. The van der Waals surface area contributed by atoms with Crippen molar-refractivity contribution in [2.24, 2.45) is 0 Å². The van der Waals surface area contributed by atoms with Gasteiger partial charge in [-0.05, 0) is 35.4 Å². The number of aryl methyl sites for hydroxylation is 1. The minimum atomic E-state index is -0.750. The number of imidazole rings is 1. The fourth-order valence-electron chi connectivity index (χ4n) is 3.90. The lowest BCUT2D eigenvalue weighted by atomic mass is 9.95. The summed E-state index contributed by atoms with van der Waals surface area (Å²) < 4.78 is 8.05. The molecule has 2 aromatic carbocycles. The first-order valence-corrected chi connectivity index (χ1v) is 11.0. The Morgan fingerprint density at radius 3 is 2.69 bits per heavy atom. The largest absolute Gasteiger partial charge is 0.872 e. The average molecular weight is 496 g/mol. The highest BCUT2D eigenvalue weighted by Crippen LogP contribution is 2.39. The van der Waals surface area contributed by atoms with Gasteiger partial charge in [0.2, 0.25) is 12.1 Å². The van der Waals surface area contributed by atoms with Crippen molar-refractivity contribution in [2.75, 3.05) is 13.7 Å². The van der Waals surface area contributed by atoms with E-state index in [1.165, 1.54) is 12.0 Å². The molecule has 164 valence electrons. The van der Waals surface area contributed by atoms with Crippen molar-refractivity contribution in [3.63, 3.8) is 0 Å². The van der Waals surface area contributed by atoms with Crippen molar-refractivity contribution in [1.82, 2.24) is 9.88 Å². The van der Waals surface area contributed by atoms with Gasteiger partial charge in [-0.15, -0.1) is 0 Å². The number of methoxy groups -OCH3 is 1. The lowest BCUT2D eigenvalue weighted by molar-refractivity contribution is -0.695.